The van der Waals surface area contributed by atoms with Gasteiger partial charge in [0.05, 0.1) is 18.8 Å². The number of hydrogen-bond acceptors (Lipinski definition) is 5. The highest BCUT2D eigenvalue weighted by Crippen LogP contribution is 2.19. The van der Waals surface area contributed by atoms with E-state index >= 15 is 0 Å². The van der Waals surface area contributed by atoms with E-state index in [9.17, 15) is 9.90 Å². The topological polar surface area (TPSA) is 80.0 Å². The highest BCUT2D eigenvalue weighted by Gasteiger charge is 2.14. The minimum absolute atomic E-state index is 0.220. The van der Waals surface area contributed by atoms with Gasteiger partial charge >= 0.3 is 0 Å². The van der Waals surface area contributed by atoms with E-state index in [1.165, 1.54) is 34.4 Å². The summed E-state index contributed by atoms with van der Waals surface area (Å²) in [7, 11) is 0. The summed E-state index contributed by atoms with van der Waals surface area (Å²) in [5, 5.41) is 24.6. The summed E-state index contributed by atoms with van der Waals surface area (Å²) < 4.78 is 1.50. The van der Waals surface area contributed by atoms with Gasteiger partial charge < -0.3 is 10.4 Å². The summed E-state index contributed by atoms with van der Waals surface area (Å²) in [4.78, 5) is 12.1. The van der Waals surface area contributed by atoms with E-state index in [0.29, 0.717) is 6.54 Å². The zero-order valence-electron chi connectivity index (χ0n) is 13.5. The summed E-state index contributed by atoms with van der Waals surface area (Å²) >= 11 is 1.54. The molecule has 0 aliphatic heterocycles. The largest absolute Gasteiger partial charge is 0.386 e. The minimum atomic E-state index is -0.646. The Bertz CT molecular complexity index is 693. The van der Waals surface area contributed by atoms with Gasteiger partial charge in [0.15, 0.2) is 5.69 Å². The first-order valence-corrected chi connectivity index (χ1v) is 9.23. The van der Waals surface area contributed by atoms with Crippen LogP contribution in [0.15, 0.2) is 34.7 Å². The monoisotopic (exact) mass is 346 g/mol. The molecule has 6 nitrogen and oxygen atoms in total. The van der Waals surface area contributed by atoms with E-state index < -0.39 is 6.10 Å². The predicted octanol–water partition coefficient (Wildman–Crippen LogP) is 2.69. The number of rotatable bonds is 7. The molecule has 2 aromatic rings. The molecule has 7 heteroatoms. The minimum Gasteiger partial charge on any atom is -0.386 e. The number of allylic oxidation sites excluding steroid dienone is 1. The van der Waals surface area contributed by atoms with Gasteiger partial charge in [0, 0.05) is 6.54 Å². The number of nitrogens with one attached hydrogen (secondary N) is 1. The standard InChI is InChI=1S/C17H22N4O2S/c22-16(14-7-9-24-12-14)11-21-10-15(19-20-21)17(23)18-8-6-13-4-2-1-3-5-13/h4,7,9-10,12,16,22H,1-3,5-6,8,11H2,(H,18,23). The van der Waals surface area contributed by atoms with Crippen LogP contribution in [0, 0.1) is 0 Å². The number of aliphatic hydroxyl groups excluding tert-OH is 1. The molecule has 1 aliphatic carbocycles. The van der Waals surface area contributed by atoms with Crippen molar-refractivity contribution in [2.24, 2.45) is 0 Å². The zero-order valence-corrected chi connectivity index (χ0v) is 14.3. The number of aliphatic hydroxyl groups is 1. The number of hydrogen-bond donors (Lipinski definition) is 2. The van der Waals surface area contributed by atoms with E-state index in [4.69, 9.17) is 0 Å². The molecule has 1 amide bonds. The lowest BCUT2D eigenvalue weighted by molar-refractivity contribution is 0.0948. The molecule has 2 N–H and O–H groups in total. The second-order valence-electron chi connectivity index (χ2n) is 6.01. The van der Waals surface area contributed by atoms with Crippen LogP contribution in [0.4, 0.5) is 0 Å². The van der Waals surface area contributed by atoms with Gasteiger partial charge in [-0.25, -0.2) is 4.68 Å². The Morgan fingerprint density at radius 2 is 2.38 bits per heavy atom. The third kappa shape index (κ3) is 4.52. The van der Waals surface area contributed by atoms with E-state index in [-0.39, 0.29) is 18.1 Å². The van der Waals surface area contributed by atoms with Crippen molar-refractivity contribution in [2.45, 2.75) is 44.8 Å². The van der Waals surface area contributed by atoms with Crippen molar-refractivity contribution in [1.82, 2.24) is 20.3 Å². The number of thiophene rings is 1. The second-order valence-corrected chi connectivity index (χ2v) is 6.79. The lowest BCUT2D eigenvalue weighted by Gasteiger charge is -2.12. The quantitative estimate of drug-likeness (QED) is 0.756. The van der Waals surface area contributed by atoms with Crippen LogP contribution in [0.25, 0.3) is 0 Å². The van der Waals surface area contributed by atoms with Crippen molar-refractivity contribution in [3.8, 4) is 0 Å². The Hall–Kier alpha value is -1.99. The molecule has 2 heterocycles. The third-order valence-corrected chi connectivity index (χ3v) is 4.88. The molecular weight excluding hydrogens is 324 g/mol. The third-order valence-electron chi connectivity index (χ3n) is 4.18. The molecule has 1 atom stereocenters. The molecule has 0 radical (unpaired) electrons. The van der Waals surface area contributed by atoms with Crippen LogP contribution < -0.4 is 5.32 Å². The van der Waals surface area contributed by atoms with Crippen LogP contribution in [-0.4, -0.2) is 32.6 Å². The fourth-order valence-corrected chi connectivity index (χ4v) is 3.50. The van der Waals surface area contributed by atoms with Crippen LogP contribution in [-0.2, 0) is 6.54 Å². The molecular formula is C17H22N4O2S. The van der Waals surface area contributed by atoms with E-state index in [0.717, 1.165) is 24.8 Å². The lowest BCUT2D eigenvalue weighted by atomic mass is 9.97. The molecule has 3 rings (SSSR count). The molecule has 1 aliphatic rings. The van der Waals surface area contributed by atoms with Crippen LogP contribution in [0.5, 0.6) is 0 Å². The van der Waals surface area contributed by atoms with E-state index in [2.05, 4.69) is 21.7 Å². The highest BCUT2D eigenvalue weighted by atomic mass is 32.1. The molecule has 1 unspecified atom stereocenters. The van der Waals surface area contributed by atoms with Gasteiger partial charge in [-0.1, -0.05) is 16.9 Å². The first-order valence-electron chi connectivity index (χ1n) is 8.29. The first kappa shape index (κ1) is 16.9. The van der Waals surface area contributed by atoms with Crippen molar-refractivity contribution >= 4 is 17.2 Å². The predicted molar refractivity (Wildman–Crippen MR) is 92.8 cm³/mol. The first-order chi connectivity index (χ1) is 11.7. The van der Waals surface area contributed by atoms with Crippen LogP contribution >= 0.6 is 11.3 Å². The zero-order chi connectivity index (χ0) is 16.8. The van der Waals surface area contributed by atoms with Crippen LogP contribution in [0.1, 0.15) is 54.3 Å². The highest BCUT2D eigenvalue weighted by molar-refractivity contribution is 7.07. The summed E-state index contributed by atoms with van der Waals surface area (Å²) in [6.07, 6.45) is 8.94. The molecule has 24 heavy (non-hydrogen) atoms. The Balaban J connectivity index is 1.47. The number of amides is 1. The maximum absolute atomic E-state index is 12.1. The molecule has 0 aromatic carbocycles. The molecule has 128 valence electrons. The maximum Gasteiger partial charge on any atom is 0.273 e. The SMILES string of the molecule is O=C(NCCC1=CCCCC1)c1cn(CC(O)c2ccsc2)nn1. The van der Waals surface area contributed by atoms with Gasteiger partial charge in [-0.2, -0.15) is 11.3 Å². The van der Waals surface area contributed by atoms with Crippen LogP contribution in [0.2, 0.25) is 0 Å². The van der Waals surface area contributed by atoms with Crippen molar-refractivity contribution in [2.75, 3.05) is 6.54 Å². The van der Waals surface area contributed by atoms with Crippen molar-refractivity contribution in [1.29, 1.82) is 0 Å². The van der Waals surface area contributed by atoms with Gasteiger partial charge in [-0.05, 0) is 54.5 Å². The maximum atomic E-state index is 12.1. The average molecular weight is 346 g/mol. The fraction of sp³-hybridized carbons (Fsp3) is 0.471. The Morgan fingerprint density at radius 3 is 3.12 bits per heavy atom. The van der Waals surface area contributed by atoms with Gasteiger partial charge in [-0.3, -0.25) is 4.79 Å². The van der Waals surface area contributed by atoms with Gasteiger partial charge in [0.1, 0.15) is 0 Å². The Labute approximate surface area is 145 Å². The summed E-state index contributed by atoms with van der Waals surface area (Å²) in [6.45, 7) is 0.902. The normalized spacial score (nSPS) is 15.8. The lowest BCUT2D eigenvalue weighted by Crippen LogP contribution is -2.25. The van der Waals surface area contributed by atoms with Gasteiger partial charge in [-0.15, -0.1) is 5.10 Å². The number of nitrogens with zero attached hydrogens (tertiary/aromatic N) is 3. The summed E-state index contributed by atoms with van der Waals surface area (Å²) in [5.41, 5.74) is 2.57. The molecule has 0 saturated heterocycles. The van der Waals surface area contributed by atoms with Gasteiger partial charge in [0.25, 0.3) is 5.91 Å². The second kappa shape index (κ2) is 8.21. The fourth-order valence-electron chi connectivity index (χ4n) is 2.80. The van der Waals surface area contributed by atoms with E-state index in [1.807, 2.05) is 16.8 Å². The van der Waals surface area contributed by atoms with Crippen LogP contribution in [0.3, 0.4) is 0 Å². The number of carbonyl (C=O) groups excluding carboxylic acids is 1. The summed E-state index contributed by atoms with van der Waals surface area (Å²) in [6, 6.07) is 1.87. The Morgan fingerprint density at radius 1 is 1.46 bits per heavy atom. The van der Waals surface area contributed by atoms with E-state index in [1.54, 1.807) is 6.20 Å². The molecule has 0 spiro atoms. The smallest absolute Gasteiger partial charge is 0.273 e. The number of aromatic nitrogens is 3. The van der Waals surface area contributed by atoms with Crippen molar-refractivity contribution in [3.63, 3.8) is 0 Å². The van der Waals surface area contributed by atoms with Gasteiger partial charge in [0.2, 0.25) is 0 Å². The molecule has 0 bridgehead atoms. The Kier molecular flexibility index (Phi) is 5.77. The van der Waals surface area contributed by atoms with Crippen molar-refractivity contribution < 1.29 is 9.90 Å². The number of carbonyl (C=O) groups is 1. The molecule has 0 saturated carbocycles. The van der Waals surface area contributed by atoms with Crippen molar-refractivity contribution in [3.05, 3.63) is 45.9 Å². The average Bonchev–Trinajstić information content (AvgIpc) is 3.27. The molecule has 2 aromatic heterocycles. The molecule has 0 fully saturated rings. The summed E-state index contributed by atoms with van der Waals surface area (Å²) in [5.74, 6) is -0.220.